The van der Waals surface area contributed by atoms with Crippen molar-refractivity contribution in [3.8, 4) is 5.75 Å². The van der Waals surface area contributed by atoms with Crippen molar-refractivity contribution in [2.45, 2.75) is 25.4 Å². The first-order chi connectivity index (χ1) is 12.6. The molecule has 1 fully saturated rings. The number of carbonyl (C=O) groups is 1. The smallest absolute Gasteiger partial charge is 0.348 e. The monoisotopic (exact) mass is 352 g/mol. The Morgan fingerprint density at radius 2 is 2.00 bits per heavy atom. The average Bonchev–Trinajstić information content (AvgIpc) is 3.13. The molecule has 0 radical (unpaired) electrons. The van der Waals surface area contributed by atoms with Crippen molar-refractivity contribution in [1.82, 2.24) is 15.0 Å². The lowest BCUT2D eigenvalue weighted by molar-refractivity contribution is -0.157. The van der Waals surface area contributed by atoms with E-state index in [1.165, 1.54) is 6.33 Å². The van der Waals surface area contributed by atoms with E-state index < -0.39 is 11.6 Å². The number of hydrogen-bond acceptors (Lipinski definition) is 5. The summed E-state index contributed by atoms with van der Waals surface area (Å²) < 4.78 is 6.03. The number of nitrogens with one attached hydrogen (secondary N) is 1. The van der Waals surface area contributed by atoms with Gasteiger partial charge in [0.2, 0.25) is 5.60 Å². The van der Waals surface area contributed by atoms with Gasteiger partial charge in [-0.25, -0.2) is 14.8 Å². The minimum Gasteiger partial charge on any atom is -0.478 e. The number of carboxylic acid groups (broad SMARTS) is 1. The van der Waals surface area contributed by atoms with Crippen molar-refractivity contribution in [2.24, 2.45) is 0 Å². The standard InChI is InChI=1S/C19H20N4O3/c1-13-4-2-3-5-15(13)26-19(18(24)25)7-10-23(11-8-19)17-14-6-9-20-16(14)21-12-22-17/h2-6,9,12H,7-8,10-11H2,1H3,(H,24,25)(H,20,21,22). The first-order valence-electron chi connectivity index (χ1n) is 8.60. The fraction of sp³-hybridized carbons (Fsp3) is 0.316. The van der Waals surface area contributed by atoms with E-state index in [1.807, 2.05) is 43.5 Å². The third-order valence-corrected chi connectivity index (χ3v) is 4.99. The Kier molecular flexibility index (Phi) is 3.99. The van der Waals surface area contributed by atoms with Crippen molar-refractivity contribution in [1.29, 1.82) is 0 Å². The van der Waals surface area contributed by atoms with Gasteiger partial charge < -0.3 is 19.7 Å². The number of benzene rings is 1. The van der Waals surface area contributed by atoms with Crippen LogP contribution in [0, 0.1) is 6.92 Å². The molecule has 0 unspecified atom stereocenters. The molecule has 4 rings (SSSR count). The summed E-state index contributed by atoms with van der Waals surface area (Å²) in [6.07, 6.45) is 4.12. The third-order valence-electron chi connectivity index (χ3n) is 4.99. The number of fused-ring (bicyclic) bond motifs is 1. The summed E-state index contributed by atoms with van der Waals surface area (Å²) in [5.74, 6) is 0.527. The number of ether oxygens (including phenoxy) is 1. The van der Waals surface area contributed by atoms with Gasteiger partial charge in [0.15, 0.2) is 0 Å². The summed E-state index contributed by atoms with van der Waals surface area (Å²) in [7, 11) is 0. The Morgan fingerprint density at radius 3 is 2.73 bits per heavy atom. The van der Waals surface area contributed by atoms with Gasteiger partial charge in [-0.15, -0.1) is 0 Å². The number of piperidine rings is 1. The molecule has 0 aliphatic carbocycles. The van der Waals surface area contributed by atoms with Gasteiger partial charge in [0.1, 0.15) is 23.5 Å². The predicted octanol–water partition coefficient (Wildman–Crippen LogP) is 2.77. The Morgan fingerprint density at radius 1 is 1.23 bits per heavy atom. The predicted molar refractivity (Wildman–Crippen MR) is 97.5 cm³/mol. The van der Waals surface area contributed by atoms with Gasteiger partial charge in [0.25, 0.3) is 0 Å². The molecule has 3 aromatic rings. The topological polar surface area (TPSA) is 91.3 Å². The van der Waals surface area contributed by atoms with E-state index >= 15 is 0 Å². The molecule has 0 atom stereocenters. The highest BCUT2D eigenvalue weighted by Crippen LogP contribution is 2.33. The van der Waals surface area contributed by atoms with Crippen LogP contribution >= 0.6 is 0 Å². The van der Waals surface area contributed by atoms with Crippen LogP contribution in [0.1, 0.15) is 18.4 Å². The largest absolute Gasteiger partial charge is 0.478 e. The number of aromatic nitrogens is 3. The van der Waals surface area contributed by atoms with Crippen LogP contribution in [0.15, 0.2) is 42.9 Å². The van der Waals surface area contributed by atoms with E-state index in [-0.39, 0.29) is 0 Å². The molecule has 2 N–H and O–H groups in total. The SMILES string of the molecule is Cc1ccccc1OC1(C(=O)O)CCN(c2ncnc3[nH]ccc23)CC1. The van der Waals surface area contributed by atoms with Crippen molar-refractivity contribution >= 4 is 22.8 Å². The lowest BCUT2D eigenvalue weighted by Gasteiger charge is -2.39. The number of rotatable bonds is 4. The quantitative estimate of drug-likeness (QED) is 0.750. The van der Waals surface area contributed by atoms with Gasteiger partial charge in [-0.3, -0.25) is 0 Å². The minimum atomic E-state index is -1.22. The molecule has 7 heteroatoms. The lowest BCUT2D eigenvalue weighted by atomic mass is 9.90. The number of H-pyrrole nitrogens is 1. The van der Waals surface area contributed by atoms with E-state index in [2.05, 4.69) is 19.9 Å². The maximum absolute atomic E-state index is 12.0. The van der Waals surface area contributed by atoms with Gasteiger partial charge in [0, 0.05) is 32.1 Å². The van der Waals surface area contributed by atoms with E-state index in [0.29, 0.717) is 31.7 Å². The zero-order valence-electron chi connectivity index (χ0n) is 14.5. The number of para-hydroxylation sites is 1. The number of aliphatic carboxylic acids is 1. The molecule has 0 spiro atoms. The molecule has 0 saturated carbocycles. The number of carboxylic acids is 1. The van der Waals surface area contributed by atoms with Crippen molar-refractivity contribution < 1.29 is 14.6 Å². The summed E-state index contributed by atoms with van der Waals surface area (Å²) >= 11 is 0. The van der Waals surface area contributed by atoms with Crippen LogP contribution in [0.3, 0.4) is 0 Å². The van der Waals surface area contributed by atoms with Gasteiger partial charge in [-0.05, 0) is 24.6 Å². The molecular formula is C19H20N4O3. The van der Waals surface area contributed by atoms with Crippen molar-refractivity contribution in [3.05, 3.63) is 48.4 Å². The fourth-order valence-corrected chi connectivity index (χ4v) is 3.43. The highest BCUT2D eigenvalue weighted by atomic mass is 16.5. The van der Waals surface area contributed by atoms with Gasteiger partial charge >= 0.3 is 5.97 Å². The normalized spacial score (nSPS) is 16.6. The Labute approximate surface area is 150 Å². The fourth-order valence-electron chi connectivity index (χ4n) is 3.43. The first kappa shape index (κ1) is 16.4. The number of hydrogen-bond donors (Lipinski definition) is 2. The maximum Gasteiger partial charge on any atom is 0.348 e. The summed E-state index contributed by atoms with van der Waals surface area (Å²) in [5, 5.41) is 10.8. The Bertz CT molecular complexity index is 945. The van der Waals surface area contributed by atoms with Gasteiger partial charge in [-0.2, -0.15) is 0 Å². The molecule has 1 saturated heterocycles. The molecule has 26 heavy (non-hydrogen) atoms. The second kappa shape index (κ2) is 6.33. The summed E-state index contributed by atoms with van der Waals surface area (Å²) in [6.45, 7) is 3.02. The van der Waals surface area contributed by atoms with Gasteiger partial charge in [-0.1, -0.05) is 18.2 Å². The lowest BCUT2D eigenvalue weighted by Crippen LogP contribution is -2.53. The number of aromatic amines is 1. The van der Waals surface area contributed by atoms with E-state index in [4.69, 9.17) is 4.74 Å². The van der Waals surface area contributed by atoms with Crippen LogP contribution in [-0.2, 0) is 4.79 Å². The zero-order chi connectivity index (χ0) is 18.1. The van der Waals surface area contributed by atoms with E-state index in [1.54, 1.807) is 0 Å². The summed E-state index contributed by atoms with van der Waals surface area (Å²) in [6, 6.07) is 9.45. The average molecular weight is 352 g/mol. The maximum atomic E-state index is 12.0. The number of aryl methyl sites for hydroxylation is 1. The second-order valence-electron chi connectivity index (χ2n) is 6.59. The number of anilines is 1. The Balaban J connectivity index is 1.57. The van der Waals surface area contributed by atoms with Crippen LogP contribution in [0.4, 0.5) is 5.82 Å². The van der Waals surface area contributed by atoms with Crippen LogP contribution in [-0.4, -0.2) is 44.7 Å². The third kappa shape index (κ3) is 2.75. The van der Waals surface area contributed by atoms with Crippen LogP contribution in [0.25, 0.3) is 11.0 Å². The van der Waals surface area contributed by atoms with Crippen LogP contribution in [0.2, 0.25) is 0 Å². The summed E-state index contributed by atoms with van der Waals surface area (Å²) in [5.41, 5.74) is 0.494. The molecule has 3 heterocycles. The zero-order valence-corrected chi connectivity index (χ0v) is 14.5. The molecule has 1 aliphatic rings. The minimum absolute atomic E-state index is 0.382. The van der Waals surface area contributed by atoms with Gasteiger partial charge in [0.05, 0.1) is 5.39 Å². The molecule has 134 valence electrons. The molecule has 1 aromatic carbocycles. The molecule has 7 nitrogen and oxygen atoms in total. The molecule has 0 amide bonds. The molecule has 2 aromatic heterocycles. The van der Waals surface area contributed by atoms with Crippen LogP contribution < -0.4 is 9.64 Å². The van der Waals surface area contributed by atoms with Crippen LogP contribution in [0.5, 0.6) is 5.75 Å². The van der Waals surface area contributed by atoms with E-state index in [0.717, 1.165) is 22.4 Å². The summed E-state index contributed by atoms with van der Waals surface area (Å²) in [4.78, 5) is 25.8. The second-order valence-corrected chi connectivity index (χ2v) is 6.59. The Hall–Kier alpha value is -3.09. The first-order valence-corrected chi connectivity index (χ1v) is 8.60. The van der Waals surface area contributed by atoms with Crippen molar-refractivity contribution in [2.75, 3.05) is 18.0 Å². The highest BCUT2D eigenvalue weighted by Gasteiger charge is 2.44. The molecular weight excluding hydrogens is 332 g/mol. The van der Waals surface area contributed by atoms with Crippen molar-refractivity contribution in [3.63, 3.8) is 0 Å². The highest BCUT2D eigenvalue weighted by molar-refractivity contribution is 5.87. The number of nitrogens with zero attached hydrogens (tertiary/aromatic N) is 3. The molecule has 0 bridgehead atoms. The van der Waals surface area contributed by atoms with E-state index in [9.17, 15) is 9.90 Å². The molecule has 1 aliphatic heterocycles.